The predicted octanol–water partition coefficient (Wildman–Crippen LogP) is 0.288. The molecule has 0 atom stereocenters. The van der Waals surface area contributed by atoms with Crippen LogP contribution in [0.1, 0.15) is 6.42 Å². The van der Waals surface area contributed by atoms with Crippen LogP contribution >= 0.6 is 0 Å². The summed E-state index contributed by atoms with van der Waals surface area (Å²) < 4.78 is 25.7. The van der Waals surface area contributed by atoms with Gasteiger partial charge in [0.05, 0.1) is 59.5 Å². The van der Waals surface area contributed by atoms with Crippen LogP contribution < -0.4 is 0 Å². The fourth-order valence-corrected chi connectivity index (χ4v) is 1.04. The van der Waals surface area contributed by atoms with Gasteiger partial charge in [0.25, 0.3) is 0 Å². The summed E-state index contributed by atoms with van der Waals surface area (Å²) in [5.41, 5.74) is 0. The normalized spacial score (nSPS) is 10.7. The minimum Gasteiger partial charge on any atom is -0.382 e. The Balaban J connectivity index is 2.88. The second-order valence-electron chi connectivity index (χ2n) is 3.40. The molecule has 0 aliphatic carbocycles. The molecule has 0 spiro atoms. The third kappa shape index (κ3) is 15.5. The molecule has 0 saturated heterocycles. The lowest BCUT2D eigenvalue weighted by atomic mass is 10.5. The summed E-state index contributed by atoms with van der Waals surface area (Å²) in [5, 5.41) is 0. The molecule has 108 valence electrons. The lowest BCUT2D eigenvalue weighted by molar-refractivity contribution is -0.108. The standard InChI is InChI=1S/C12H24O6/c1-14-5-6-16-9-10-18-12-11-17-8-7-15-4-2-3-13/h3H,2,4-12H2,1H3. The molecule has 0 radical (unpaired) electrons. The lowest BCUT2D eigenvalue weighted by Crippen LogP contribution is -2.13. The fourth-order valence-electron chi connectivity index (χ4n) is 1.04. The second kappa shape index (κ2) is 16.5. The maximum atomic E-state index is 9.98. The molecule has 0 saturated carbocycles. The van der Waals surface area contributed by atoms with Crippen LogP contribution in [0.5, 0.6) is 0 Å². The van der Waals surface area contributed by atoms with E-state index in [-0.39, 0.29) is 0 Å². The zero-order chi connectivity index (χ0) is 13.3. The highest BCUT2D eigenvalue weighted by atomic mass is 16.6. The highest BCUT2D eigenvalue weighted by molar-refractivity contribution is 5.49. The highest BCUT2D eigenvalue weighted by Gasteiger charge is 1.92. The minimum atomic E-state index is 0.437. The topological polar surface area (TPSA) is 63.2 Å². The number of methoxy groups -OCH3 is 1. The largest absolute Gasteiger partial charge is 0.382 e. The van der Waals surface area contributed by atoms with Gasteiger partial charge in [-0.2, -0.15) is 0 Å². The maximum absolute atomic E-state index is 9.98. The van der Waals surface area contributed by atoms with E-state index in [9.17, 15) is 4.79 Å². The van der Waals surface area contributed by atoms with Gasteiger partial charge >= 0.3 is 0 Å². The van der Waals surface area contributed by atoms with Crippen LogP contribution in [-0.4, -0.2) is 72.9 Å². The van der Waals surface area contributed by atoms with Gasteiger partial charge in [0.1, 0.15) is 6.29 Å². The van der Waals surface area contributed by atoms with Gasteiger partial charge in [-0.05, 0) is 0 Å². The van der Waals surface area contributed by atoms with E-state index in [0.29, 0.717) is 65.9 Å². The molecule has 6 heteroatoms. The highest BCUT2D eigenvalue weighted by Crippen LogP contribution is 1.83. The summed E-state index contributed by atoms with van der Waals surface area (Å²) in [6.45, 7) is 4.89. The smallest absolute Gasteiger partial charge is 0.122 e. The Labute approximate surface area is 108 Å². The molecule has 0 amide bonds. The van der Waals surface area contributed by atoms with Crippen LogP contribution in [0, 0.1) is 0 Å². The molecule has 18 heavy (non-hydrogen) atoms. The third-order valence-electron chi connectivity index (χ3n) is 1.93. The van der Waals surface area contributed by atoms with Gasteiger partial charge in [0.15, 0.2) is 0 Å². The quantitative estimate of drug-likeness (QED) is 0.313. The molecule has 6 nitrogen and oxygen atoms in total. The average molecular weight is 264 g/mol. The summed E-state index contributed by atoms with van der Waals surface area (Å²) in [7, 11) is 1.64. The number of hydrogen-bond donors (Lipinski definition) is 0. The molecule has 0 aliphatic rings. The van der Waals surface area contributed by atoms with E-state index >= 15 is 0 Å². The van der Waals surface area contributed by atoms with Crippen molar-refractivity contribution in [3.05, 3.63) is 0 Å². The number of rotatable bonds is 15. The van der Waals surface area contributed by atoms with Crippen LogP contribution in [0.15, 0.2) is 0 Å². The van der Waals surface area contributed by atoms with Crippen molar-refractivity contribution in [2.24, 2.45) is 0 Å². The molecule has 0 aromatic heterocycles. The first-order valence-corrected chi connectivity index (χ1v) is 6.15. The second-order valence-corrected chi connectivity index (χ2v) is 3.40. The van der Waals surface area contributed by atoms with Gasteiger partial charge in [-0.15, -0.1) is 0 Å². The molecule has 0 aliphatic heterocycles. The molecule has 0 aromatic rings. The van der Waals surface area contributed by atoms with E-state index in [1.54, 1.807) is 7.11 Å². The van der Waals surface area contributed by atoms with Crippen LogP contribution in [0.3, 0.4) is 0 Å². The zero-order valence-electron chi connectivity index (χ0n) is 11.1. The van der Waals surface area contributed by atoms with E-state index < -0.39 is 0 Å². The first-order valence-electron chi connectivity index (χ1n) is 6.15. The van der Waals surface area contributed by atoms with Crippen molar-refractivity contribution in [1.82, 2.24) is 0 Å². The molecule has 0 aromatic carbocycles. The van der Waals surface area contributed by atoms with E-state index in [0.717, 1.165) is 6.29 Å². The summed E-state index contributed by atoms with van der Waals surface area (Å²) in [6.07, 6.45) is 1.27. The Bertz CT molecular complexity index is 165. The molecular formula is C12H24O6. The van der Waals surface area contributed by atoms with Crippen LogP contribution in [-0.2, 0) is 28.5 Å². The molecule has 0 fully saturated rings. The minimum absolute atomic E-state index is 0.437. The SMILES string of the molecule is COCCOCCOCCOCCOCCC=O. The first-order chi connectivity index (χ1) is 8.91. The van der Waals surface area contributed by atoms with Gasteiger partial charge < -0.3 is 28.5 Å². The van der Waals surface area contributed by atoms with E-state index in [1.807, 2.05) is 0 Å². The predicted molar refractivity (Wildman–Crippen MR) is 65.8 cm³/mol. The Morgan fingerprint density at radius 3 is 1.44 bits per heavy atom. The first kappa shape index (κ1) is 17.5. The molecular weight excluding hydrogens is 240 g/mol. The number of aldehydes is 1. The number of carbonyl (C=O) groups is 1. The van der Waals surface area contributed by atoms with Gasteiger partial charge in [-0.3, -0.25) is 0 Å². The Kier molecular flexibility index (Phi) is 16.0. The van der Waals surface area contributed by atoms with Crippen molar-refractivity contribution >= 4 is 6.29 Å². The fraction of sp³-hybridized carbons (Fsp3) is 0.917. The Morgan fingerprint density at radius 2 is 1.06 bits per heavy atom. The van der Waals surface area contributed by atoms with E-state index in [2.05, 4.69) is 0 Å². The molecule has 0 rings (SSSR count). The van der Waals surface area contributed by atoms with Crippen molar-refractivity contribution in [3.63, 3.8) is 0 Å². The lowest BCUT2D eigenvalue weighted by Gasteiger charge is -2.06. The number of carbonyl (C=O) groups excluding carboxylic acids is 1. The van der Waals surface area contributed by atoms with Crippen molar-refractivity contribution in [2.75, 3.05) is 66.6 Å². The molecule has 0 unspecified atom stereocenters. The van der Waals surface area contributed by atoms with E-state index in [1.165, 1.54) is 0 Å². The Morgan fingerprint density at radius 1 is 0.667 bits per heavy atom. The Hall–Kier alpha value is -0.530. The van der Waals surface area contributed by atoms with Crippen molar-refractivity contribution in [3.8, 4) is 0 Å². The monoisotopic (exact) mass is 264 g/mol. The summed E-state index contributed by atoms with van der Waals surface area (Å²) in [6, 6.07) is 0. The average Bonchev–Trinajstić information content (AvgIpc) is 2.39. The summed E-state index contributed by atoms with van der Waals surface area (Å²) in [5.74, 6) is 0. The maximum Gasteiger partial charge on any atom is 0.122 e. The van der Waals surface area contributed by atoms with Gasteiger partial charge in [0.2, 0.25) is 0 Å². The van der Waals surface area contributed by atoms with Crippen molar-refractivity contribution in [2.45, 2.75) is 6.42 Å². The van der Waals surface area contributed by atoms with Crippen molar-refractivity contribution < 1.29 is 28.5 Å². The van der Waals surface area contributed by atoms with Gasteiger partial charge in [-0.1, -0.05) is 0 Å². The zero-order valence-corrected chi connectivity index (χ0v) is 11.1. The van der Waals surface area contributed by atoms with Crippen LogP contribution in [0.4, 0.5) is 0 Å². The molecule has 0 heterocycles. The number of hydrogen-bond acceptors (Lipinski definition) is 6. The summed E-state index contributed by atoms with van der Waals surface area (Å²) >= 11 is 0. The van der Waals surface area contributed by atoms with Crippen LogP contribution in [0.2, 0.25) is 0 Å². The van der Waals surface area contributed by atoms with E-state index in [4.69, 9.17) is 23.7 Å². The molecule has 0 N–H and O–H groups in total. The van der Waals surface area contributed by atoms with Crippen LogP contribution in [0.25, 0.3) is 0 Å². The van der Waals surface area contributed by atoms with Crippen molar-refractivity contribution in [1.29, 1.82) is 0 Å². The molecule has 0 bridgehead atoms. The van der Waals surface area contributed by atoms with Gasteiger partial charge in [-0.25, -0.2) is 0 Å². The summed E-state index contributed by atoms with van der Waals surface area (Å²) in [4.78, 5) is 9.98. The number of ether oxygens (including phenoxy) is 5. The third-order valence-corrected chi connectivity index (χ3v) is 1.93. The van der Waals surface area contributed by atoms with Gasteiger partial charge in [0, 0.05) is 13.5 Å².